The van der Waals surface area contributed by atoms with E-state index < -0.39 is 4.92 Å². The van der Waals surface area contributed by atoms with Gasteiger partial charge in [-0.3, -0.25) is 24.3 Å². The van der Waals surface area contributed by atoms with Crippen LogP contribution in [0.3, 0.4) is 0 Å². The van der Waals surface area contributed by atoms with E-state index in [2.05, 4.69) is 4.98 Å². The number of benzene rings is 2. The Morgan fingerprint density at radius 1 is 1.24 bits per heavy atom. The van der Waals surface area contributed by atoms with Crippen molar-refractivity contribution in [2.75, 3.05) is 7.05 Å². The molecule has 1 atom stereocenters. The molecule has 4 rings (SSSR count). The number of fused-ring (bicyclic) bond motifs is 1. The molecule has 0 aliphatic heterocycles. The lowest BCUT2D eigenvalue weighted by Gasteiger charge is -2.25. The Morgan fingerprint density at radius 2 is 1.97 bits per heavy atom. The van der Waals surface area contributed by atoms with E-state index in [-0.39, 0.29) is 36.2 Å². The Kier molecular flexibility index (Phi) is 6.56. The van der Waals surface area contributed by atoms with Crippen LogP contribution < -0.4 is 5.56 Å². The van der Waals surface area contributed by atoms with Crippen molar-refractivity contribution < 1.29 is 9.72 Å². The molecule has 0 spiro atoms. The Hall–Kier alpha value is -3.85. The van der Waals surface area contributed by atoms with Crippen LogP contribution in [0.4, 0.5) is 5.69 Å². The summed E-state index contributed by atoms with van der Waals surface area (Å²) in [4.78, 5) is 43.3. The van der Waals surface area contributed by atoms with Crippen LogP contribution in [-0.4, -0.2) is 32.3 Å². The van der Waals surface area contributed by atoms with Gasteiger partial charge in [0.05, 0.1) is 22.7 Å². The van der Waals surface area contributed by atoms with Gasteiger partial charge >= 0.3 is 0 Å². The van der Waals surface area contributed by atoms with Gasteiger partial charge in [-0.1, -0.05) is 42.0 Å². The highest BCUT2D eigenvalue weighted by atomic mass is 32.1. The van der Waals surface area contributed by atoms with Crippen molar-refractivity contribution in [3.63, 3.8) is 0 Å². The fourth-order valence-electron chi connectivity index (χ4n) is 3.80. The van der Waals surface area contributed by atoms with Crippen LogP contribution in [0.5, 0.6) is 0 Å². The molecule has 0 radical (unpaired) electrons. The predicted molar refractivity (Wildman–Crippen MR) is 133 cm³/mol. The minimum atomic E-state index is -0.455. The number of hydrogen-bond acceptors (Lipinski definition) is 6. The Bertz CT molecular complexity index is 1430. The molecule has 1 amide bonds. The first-order valence-corrected chi connectivity index (χ1v) is 11.7. The first-order valence-electron chi connectivity index (χ1n) is 10.8. The third-order valence-electron chi connectivity index (χ3n) is 6.03. The normalized spacial score (nSPS) is 12.0. The first-order chi connectivity index (χ1) is 16.3. The van der Waals surface area contributed by atoms with Crippen molar-refractivity contribution >= 4 is 33.1 Å². The summed E-state index contributed by atoms with van der Waals surface area (Å²) < 4.78 is 1.47. The van der Waals surface area contributed by atoms with Gasteiger partial charge in [0.25, 0.3) is 11.2 Å². The number of thiophene rings is 1. The van der Waals surface area contributed by atoms with Gasteiger partial charge < -0.3 is 4.90 Å². The zero-order chi connectivity index (χ0) is 24.4. The van der Waals surface area contributed by atoms with Gasteiger partial charge in [0.2, 0.25) is 5.91 Å². The molecule has 0 saturated heterocycles. The third kappa shape index (κ3) is 4.60. The highest BCUT2D eigenvalue weighted by Gasteiger charge is 2.20. The van der Waals surface area contributed by atoms with Crippen LogP contribution in [0, 0.1) is 17.0 Å². The predicted octanol–water partition coefficient (Wildman–Crippen LogP) is 4.95. The minimum absolute atomic E-state index is 0.0173. The number of amides is 1. The minimum Gasteiger partial charge on any atom is -0.339 e. The average Bonchev–Trinajstić information content (AvgIpc) is 3.28. The number of non-ortho nitro benzene ring substituents is 1. The lowest BCUT2D eigenvalue weighted by molar-refractivity contribution is -0.384. The van der Waals surface area contributed by atoms with E-state index in [9.17, 15) is 19.7 Å². The van der Waals surface area contributed by atoms with E-state index in [4.69, 9.17) is 0 Å². The van der Waals surface area contributed by atoms with Gasteiger partial charge in [-0.15, -0.1) is 11.3 Å². The lowest BCUT2D eigenvalue weighted by atomic mass is 10.1. The maximum atomic E-state index is 13.2. The van der Waals surface area contributed by atoms with Crippen molar-refractivity contribution in [2.24, 2.45) is 0 Å². The topological polar surface area (TPSA) is 98.3 Å². The quantitative estimate of drug-likeness (QED) is 0.278. The van der Waals surface area contributed by atoms with Crippen molar-refractivity contribution in [1.82, 2.24) is 14.5 Å². The fourth-order valence-corrected chi connectivity index (χ4v) is 4.71. The molecule has 2 aromatic carbocycles. The smallest absolute Gasteiger partial charge is 0.269 e. The van der Waals surface area contributed by atoms with Gasteiger partial charge in [0, 0.05) is 43.1 Å². The number of nitrogens with zero attached hydrogens (tertiary/aromatic N) is 4. The van der Waals surface area contributed by atoms with Gasteiger partial charge in [-0.25, -0.2) is 4.98 Å². The Morgan fingerprint density at radius 3 is 2.68 bits per heavy atom. The van der Waals surface area contributed by atoms with E-state index in [1.165, 1.54) is 34.4 Å². The molecular formula is C25H24N4O4S. The molecular weight excluding hydrogens is 452 g/mol. The Labute approximate surface area is 200 Å². The summed E-state index contributed by atoms with van der Waals surface area (Å²) in [6.45, 7) is 4.02. The molecule has 0 saturated carbocycles. The van der Waals surface area contributed by atoms with Crippen LogP contribution >= 0.6 is 11.3 Å². The fraction of sp³-hybridized carbons (Fsp3) is 0.240. The molecule has 2 heterocycles. The summed E-state index contributed by atoms with van der Waals surface area (Å²) in [5.41, 5.74) is 3.41. The summed E-state index contributed by atoms with van der Waals surface area (Å²) in [5.74, 6) is -0.171. The molecule has 0 aliphatic carbocycles. The van der Waals surface area contributed by atoms with Crippen molar-refractivity contribution in [1.29, 1.82) is 0 Å². The second-order valence-electron chi connectivity index (χ2n) is 8.22. The standard InChI is InChI=1S/C25H24N4O4S/c1-16-7-9-18(10-8-16)21-14-34-24-23(21)25(31)28(15-26-24)12-11-22(30)27(3)17(2)19-5-4-6-20(13-19)29(32)33/h4-10,13-15,17H,11-12H2,1-3H3/t17-/m0/s1. The van der Waals surface area contributed by atoms with Gasteiger partial charge in [0.1, 0.15) is 4.83 Å². The largest absolute Gasteiger partial charge is 0.339 e. The second kappa shape index (κ2) is 9.56. The lowest BCUT2D eigenvalue weighted by Crippen LogP contribution is -2.31. The van der Waals surface area contributed by atoms with Crippen LogP contribution in [0.1, 0.15) is 30.5 Å². The first kappa shape index (κ1) is 23.3. The summed E-state index contributed by atoms with van der Waals surface area (Å²) in [6, 6.07) is 13.9. The molecule has 0 N–H and O–H groups in total. The van der Waals surface area contributed by atoms with E-state index in [1.54, 1.807) is 24.1 Å². The van der Waals surface area contributed by atoms with Crippen molar-refractivity contribution in [3.05, 3.63) is 91.8 Å². The molecule has 174 valence electrons. The third-order valence-corrected chi connectivity index (χ3v) is 6.91. The highest BCUT2D eigenvalue weighted by Crippen LogP contribution is 2.30. The number of aromatic nitrogens is 2. The summed E-state index contributed by atoms with van der Waals surface area (Å²) in [6.07, 6.45) is 1.59. The number of carbonyl (C=O) groups excluding carboxylic acids is 1. The molecule has 8 nitrogen and oxygen atoms in total. The monoisotopic (exact) mass is 476 g/mol. The number of hydrogen-bond donors (Lipinski definition) is 0. The summed E-state index contributed by atoms with van der Waals surface area (Å²) in [7, 11) is 1.66. The number of aryl methyl sites for hydroxylation is 2. The van der Waals surface area contributed by atoms with Crippen molar-refractivity contribution in [2.45, 2.75) is 32.9 Å². The molecule has 0 bridgehead atoms. The number of nitro benzene ring substituents is 1. The zero-order valence-corrected chi connectivity index (χ0v) is 19.9. The maximum Gasteiger partial charge on any atom is 0.269 e. The van der Waals surface area contributed by atoms with E-state index in [1.807, 2.05) is 43.5 Å². The van der Waals surface area contributed by atoms with Crippen LogP contribution in [0.15, 0.2) is 65.0 Å². The second-order valence-corrected chi connectivity index (χ2v) is 9.08. The van der Waals surface area contributed by atoms with Gasteiger partial charge in [-0.05, 0) is 25.0 Å². The van der Waals surface area contributed by atoms with Crippen molar-refractivity contribution in [3.8, 4) is 11.1 Å². The Balaban J connectivity index is 1.52. The van der Waals surface area contributed by atoms with E-state index in [0.29, 0.717) is 15.8 Å². The molecule has 0 unspecified atom stereocenters. The molecule has 0 fully saturated rings. The maximum absolute atomic E-state index is 13.2. The van der Waals surface area contributed by atoms with Crippen LogP contribution in [-0.2, 0) is 11.3 Å². The van der Waals surface area contributed by atoms with E-state index >= 15 is 0 Å². The van der Waals surface area contributed by atoms with E-state index in [0.717, 1.165) is 16.7 Å². The van der Waals surface area contributed by atoms with Gasteiger partial charge in [0.15, 0.2) is 0 Å². The number of rotatable bonds is 7. The molecule has 0 aliphatic rings. The molecule has 34 heavy (non-hydrogen) atoms. The molecule has 4 aromatic rings. The molecule has 2 aromatic heterocycles. The highest BCUT2D eigenvalue weighted by molar-refractivity contribution is 7.17. The van der Waals surface area contributed by atoms with Crippen LogP contribution in [0.25, 0.3) is 21.3 Å². The number of nitro groups is 1. The van der Waals surface area contributed by atoms with Crippen LogP contribution in [0.2, 0.25) is 0 Å². The summed E-state index contributed by atoms with van der Waals surface area (Å²) in [5, 5.41) is 13.6. The zero-order valence-electron chi connectivity index (χ0n) is 19.1. The summed E-state index contributed by atoms with van der Waals surface area (Å²) >= 11 is 1.42. The molecule has 9 heteroatoms. The SMILES string of the molecule is Cc1ccc(-c2csc3ncn(CCC(=O)N(C)[C@@H](C)c4cccc([N+](=O)[O-])c4)c(=O)c23)cc1. The average molecular weight is 477 g/mol. The van der Waals surface area contributed by atoms with Gasteiger partial charge in [-0.2, -0.15) is 0 Å². The number of carbonyl (C=O) groups is 1.